The zero-order valence-electron chi connectivity index (χ0n) is 38.8. The van der Waals surface area contributed by atoms with Gasteiger partial charge in [-0.3, -0.25) is 14.4 Å². The molecule has 0 aliphatic heterocycles. The SMILES string of the molecule is CCCCCCCCCCCCCCCCCCCC(=O)O[C@@H](COC(=O)CCCCCCCCCCCCCC)COC(=O)CCCCCCCCC(C)CC. The second-order valence-electron chi connectivity index (χ2n) is 17.7. The Labute approximate surface area is 355 Å². The van der Waals surface area contributed by atoms with Crippen LogP contribution in [-0.2, 0) is 28.6 Å². The van der Waals surface area contributed by atoms with E-state index in [-0.39, 0.29) is 31.1 Å². The fourth-order valence-electron chi connectivity index (χ4n) is 7.66. The first-order valence-electron chi connectivity index (χ1n) is 25.4. The molecule has 57 heavy (non-hydrogen) atoms. The lowest BCUT2D eigenvalue weighted by Gasteiger charge is -2.18. The molecule has 0 aromatic rings. The molecule has 2 atom stereocenters. The minimum absolute atomic E-state index is 0.0637. The molecular formula is C51H98O6. The molecule has 6 nitrogen and oxygen atoms in total. The van der Waals surface area contributed by atoms with Gasteiger partial charge >= 0.3 is 17.9 Å². The molecule has 6 heteroatoms. The highest BCUT2D eigenvalue weighted by Crippen LogP contribution is 2.17. The second-order valence-corrected chi connectivity index (χ2v) is 17.7. The van der Waals surface area contributed by atoms with Gasteiger partial charge in [0.25, 0.3) is 0 Å². The van der Waals surface area contributed by atoms with Crippen LogP contribution in [-0.4, -0.2) is 37.2 Å². The van der Waals surface area contributed by atoms with E-state index in [4.69, 9.17) is 14.2 Å². The summed E-state index contributed by atoms with van der Waals surface area (Å²) < 4.78 is 16.8. The molecule has 0 saturated carbocycles. The number of carbonyl (C=O) groups is 3. The molecule has 0 amide bonds. The molecule has 0 bridgehead atoms. The summed E-state index contributed by atoms with van der Waals surface area (Å²) in [5.41, 5.74) is 0. The normalized spacial score (nSPS) is 12.4. The lowest BCUT2D eigenvalue weighted by Crippen LogP contribution is -2.30. The summed E-state index contributed by atoms with van der Waals surface area (Å²) in [4.78, 5) is 37.8. The second kappa shape index (κ2) is 45.5. The number of unbranched alkanes of at least 4 members (excludes halogenated alkanes) is 32. The minimum Gasteiger partial charge on any atom is -0.462 e. The first kappa shape index (κ1) is 55.4. The molecule has 1 unspecified atom stereocenters. The highest BCUT2D eigenvalue weighted by atomic mass is 16.6. The van der Waals surface area contributed by atoms with Crippen molar-refractivity contribution in [2.45, 2.75) is 291 Å². The molecule has 0 saturated heterocycles. The summed E-state index contributed by atoms with van der Waals surface area (Å²) in [6.07, 6.45) is 46.6. The Morgan fingerprint density at radius 1 is 0.351 bits per heavy atom. The van der Waals surface area contributed by atoms with Crippen molar-refractivity contribution >= 4 is 17.9 Å². The van der Waals surface area contributed by atoms with Gasteiger partial charge in [-0.2, -0.15) is 0 Å². The summed E-state index contributed by atoms with van der Waals surface area (Å²) in [6, 6.07) is 0. The molecule has 0 aromatic carbocycles. The van der Waals surface area contributed by atoms with Crippen molar-refractivity contribution in [3.63, 3.8) is 0 Å². The predicted molar refractivity (Wildman–Crippen MR) is 243 cm³/mol. The number of rotatable bonds is 46. The molecular weight excluding hydrogens is 709 g/mol. The topological polar surface area (TPSA) is 78.9 Å². The maximum atomic E-state index is 12.8. The first-order chi connectivity index (χ1) is 27.9. The van der Waals surface area contributed by atoms with Crippen LogP contribution in [0.25, 0.3) is 0 Å². The van der Waals surface area contributed by atoms with E-state index in [1.165, 1.54) is 180 Å². The van der Waals surface area contributed by atoms with Crippen LogP contribution in [0.3, 0.4) is 0 Å². The third-order valence-electron chi connectivity index (χ3n) is 11.9. The van der Waals surface area contributed by atoms with Gasteiger partial charge in [0.1, 0.15) is 13.2 Å². The predicted octanol–water partition coefficient (Wildman–Crippen LogP) is 16.3. The van der Waals surface area contributed by atoms with Gasteiger partial charge in [-0.25, -0.2) is 0 Å². The van der Waals surface area contributed by atoms with Crippen LogP contribution in [0, 0.1) is 5.92 Å². The summed E-state index contributed by atoms with van der Waals surface area (Å²) in [5.74, 6) is -0.0350. The lowest BCUT2D eigenvalue weighted by atomic mass is 10.00. The van der Waals surface area contributed by atoms with E-state index in [1.54, 1.807) is 0 Å². The molecule has 338 valence electrons. The van der Waals surface area contributed by atoms with Crippen LogP contribution >= 0.6 is 0 Å². The highest BCUT2D eigenvalue weighted by molar-refractivity contribution is 5.71. The molecule has 0 aliphatic carbocycles. The number of carbonyl (C=O) groups excluding carboxylic acids is 3. The van der Waals surface area contributed by atoms with Crippen LogP contribution < -0.4 is 0 Å². The molecule has 0 radical (unpaired) electrons. The highest BCUT2D eigenvalue weighted by Gasteiger charge is 2.19. The third-order valence-corrected chi connectivity index (χ3v) is 11.9. The zero-order valence-corrected chi connectivity index (χ0v) is 38.8. The third kappa shape index (κ3) is 43.8. The van der Waals surface area contributed by atoms with Crippen molar-refractivity contribution in [1.29, 1.82) is 0 Å². The Balaban J connectivity index is 4.29. The van der Waals surface area contributed by atoms with E-state index in [1.807, 2.05) is 0 Å². The van der Waals surface area contributed by atoms with E-state index in [0.29, 0.717) is 19.3 Å². The Bertz CT molecular complexity index is 859. The lowest BCUT2D eigenvalue weighted by molar-refractivity contribution is -0.167. The average molecular weight is 807 g/mol. The number of esters is 3. The summed E-state index contributed by atoms with van der Waals surface area (Å²) in [6.45, 7) is 8.99. The zero-order chi connectivity index (χ0) is 41.7. The average Bonchev–Trinajstić information content (AvgIpc) is 3.21. The minimum atomic E-state index is -0.760. The van der Waals surface area contributed by atoms with Gasteiger partial charge in [-0.05, 0) is 25.2 Å². The van der Waals surface area contributed by atoms with Crippen LogP contribution in [0.1, 0.15) is 285 Å². The van der Waals surface area contributed by atoms with Gasteiger partial charge in [0.2, 0.25) is 0 Å². The smallest absolute Gasteiger partial charge is 0.306 e. The maximum Gasteiger partial charge on any atom is 0.306 e. The van der Waals surface area contributed by atoms with Gasteiger partial charge in [-0.15, -0.1) is 0 Å². The fourth-order valence-corrected chi connectivity index (χ4v) is 7.66. The van der Waals surface area contributed by atoms with E-state index in [2.05, 4.69) is 27.7 Å². The number of hydrogen-bond donors (Lipinski definition) is 0. The molecule has 0 heterocycles. The van der Waals surface area contributed by atoms with Crippen molar-refractivity contribution in [2.24, 2.45) is 5.92 Å². The van der Waals surface area contributed by atoms with Gasteiger partial charge in [0.05, 0.1) is 0 Å². The monoisotopic (exact) mass is 807 g/mol. The summed E-state index contributed by atoms with van der Waals surface area (Å²) in [5, 5.41) is 0. The van der Waals surface area contributed by atoms with E-state index < -0.39 is 6.10 Å². The van der Waals surface area contributed by atoms with Crippen LogP contribution in [0.4, 0.5) is 0 Å². The fraction of sp³-hybridized carbons (Fsp3) is 0.941. The molecule has 0 aliphatic rings. The largest absolute Gasteiger partial charge is 0.462 e. The molecule has 0 N–H and O–H groups in total. The van der Waals surface area contributed by atoms with Crippen molar-refractivity contribution in [2.75, 3.05) is 13.2 Å². The van der Waals surface area contributed by atoms with Crippen molar-refractivity contribution in [3.8, 4) is 0 Å². The molecule has 0 spiro atoms. The number of ether oxygens (including phenoxy) is 3. The van der Waals surface area contributed by atoms with E-state index in [9.17, 15) is 14.4 Å². The molecule has 0 aromatic heterocycles. The Morgan fingerprint density at radius 3 is 0.912 bits per heavy atom. The Hall–Kier alpha value is -1.59. The first-order valence-corrected chi connectivity index (χ1v) is 25.4. The number of hydrogen-bond acceptors (Lipinski definition) is 6. The summed E-state index contributed by atoms with van der Waals surface area (Å²) in [7, 11) is 0. The van der Waals surface area contributed by atoms with E-state index in [0.717, 1.165) is 63.7 Å². The Kier molecular flexibility index (Phi) is 44.2. The van der Waals surface area contributed by atoms with Crippen LogP contribution in [0.2, 0.25) is 0 Å². The van der Waals surface area contributed by atoms with Gasteiger partial charge < -0.3 is 14.2 Å². The summed E-state index contributed by atoms with van der Waals surface area (Å²) >= 11 is 0. The van der Waals surface area contributed by atoms with Crippen molar-refractivity contribution in [1.82, 2.24) is 0 Å². The van der Waals surface area contributed by atoms with Gasteiger partial charge in [0.15, 0.2) is 6.10 Å². The molecule has 0 fully saturated rings. The van der Waals surface area contributed by atoms with Crippen molar-refractivity contribution in [3.05, 3.63) is 0 Å². The Morgan fingerprint density at radius 2 is 0.614 bits per heavy atom. The maximum absolute atomic E-state index is 12.8. The van der Waals surface area contributed by atoms with E-state index >= 15 is 0 Å². The van der Waals surface area contributed by atoms with Crippen LogP contribution in [0.15, 0.2) is 0 Å². The van der Waals surface area contributed by atoms with Crippen molar-refractivity contribution < 1.29 is 28.6 Å². The van der Waals surface area contributed by atoms with Gasteiger partial charge in [0, 0.05) is 19.3 Å². The van der Waals surface area contributed by atoms with Crippen LogP contribution in [0.5, 0.6) is 0 Å². The standard InChI is InChI=1S/C51H98O6/c1-5-8-10-12-14-16-18-20-21-22-23-24-26-28-30-36-40-44-51(54)57-48(46-56-50(53)43-39-35-32-31-33-37-41-47(4)7-3)45-55-49(52)42-38-34-29-27-25-19-17-15-13-11-9-6-2/h47-48H,5-46H2,1-4H3/t47?,48-/m0/s1. The molecule has 0 rings (SSSR count). The van der Waals surface area contributed by atoms with Gasteiger partial charge in [-0.1, -0.05) is 246 Å². The quantitative estimate of drug-likeness (QED) is 0.0346.